The molecule has 2 heteroatoms. The molecule has 0 aliphatic carbocycles. The third-order valence-corrected chi connectivity index (χ3v) is 2.21. The molecule has 0 aromatic carbocycles. The molecular formula is C13H24O2. The highest BCUT2D eigenvalue weighted by Crippen LogP contribution is 2.03. The highest BCUT2D eigenvalue weighted by molar-refractivity contribution is 5.65. The molecule has 0 aromatic heterocycles. The van der Waals surface area contributed by atoms with Crippen molar-refractivity contribution in [2.45, 2.75) is 58.8 Å². The molecule has 0 fully saturated rings. The second-order valence-corrected chi connectivity index (χ2v) is 3.80. The highest BCUT2D eigenvalue weighted by atomic mass is 16.5. The van der Waals surface area contributed by atoms with E-state index in [0.717, 1.165) is 19.3 Å². The van der Waals surface area contributed by atoms with Crippen LogP contribution in [0.3, 0.4) is 0 Å². The van der Waals surface area contributed by atoms with Crippen molar-refractivity contribution in [3.8, 4) is 0 Å². The van der Waals surface area contributed by atoms with Crippen LogP contribution in [0.1, 0.15) is 58.8 Å². The summed E-state index contributed by atoms with van der Waals surface area (Å²) in [5, 5.41) is 0. The lowest BCUT2D eigenvalue weighted by Crippen LogP contribution is -1.99. The Morgan fingerprint density at radius 2 is 1.73 bits per heavy atom. The monoisotopic (exact) mass is 212 g/mol. The Morgan fingerprint density at radius 3 is 2.33 bits per heavy atom. The number of hydrogen-bond donors (Lipinski definition) is 0. The number of hydrogen-bond acceptors (Lipinski definition) is 2. The van der Waals surface area contributed by atoms with Gasteiger partial charge < -0.3 is 4.74 Å². The van der Waals surface area contributed by atoms with Crippen LogP contribution in [0.15, 0.2) is 12.2 Å². The third-order valence-electron chi connectivity index (χ3n) is 2.21. The van der Waals surface area contributed by atoms with Gasteiger partial charge in [0.15, 0.2) is 0 Å². The van der Waals surface area contributed by atoms with E-state index in [1.54, 1.807) is 0 Å². The third kappa shape index (κ3) is 13.2. The second-order valence-electron chi connectivity index (χ2n) is 3.80. The van der Waals surface area contributed by atoms with Crippen LogP contribution in [-0.2, 0) is 9.53 Å². The molecule has 0 aliphatic heterocycles. The Morgan fingerprint density at radius 1 is 1.07 bits per heavy atom. The normalized spacial score (nSPS) is 10.8. The summed E-state index contributed by atoms with van der Waals surface area (Å²) in [7, 11) is 0. The second kappa shape index (κ2) is 11.3. The van der Waals surface area contributed by atoms with Crippen molar-refractivity contribution in [1.82, 2.24) is 0 Å². The summed E-state index contributed by atoms with van der Waals surface area (Å²) >= 11 is 0. The van der Waals surface area contributed by atoms with Gasteiger partial charge in [-0.1, -0.05) is 31.9 Å². The largest absolute Gasteiger partial charge is 0.466 e. The summed E-state index contributed by atoms with van der Waals surface area (Å²) < 4.78 is 4.84. The molecule has 0 rings (SSSR count). The van der Waals surface area contributed by atoms with E-state index in [1.165, 1.54) is 32.6 Å². The van der Waals surface area contributed by atoms with Crippen LogP contribution in [-0.4, -0.2) is 12.6 Å². The topological polar surface area (TPSA) is 26.3 Å². The molecule has 0 N–H and O–H groups in total. The van der Waals surface area contributed by atoms with Crippen molar-refractivity contribution < 1.29 is 9.53 Å². The van der Waals surface area contributed by atoms with Crippen molar-refractivity contribution in [2.24, 2.45) is 0 Å². The smallest absolute Gasteiger partial charge is 0.302 e. The predicted octanol–water partition coefficient (Wildman–Crippen LogP) is 3.86. The summed E-state index contributed by atoms with van der Waals surface area (Å²) in [4.78, 5) is 10.4. The van der Waals surface area contributed by atoms with Gasteiger partial charge in [0, 0.05) is 6.92 Å². The van der Waals surface area contributed by atoms with Gasteiger partial charge in [-0.05, 0) is 32.1 Å². The van der Waals surface area contributed by atoms with Gasteiger partial charge in [0.05, 0.1) is 6.61 Å². The van der Waals surface area contributed by atoms with Gasteiger partial charge in [0.2, 0.25) is 0 Å². The van der Waals surface area contributed by atoms with E-state index in [-0.39, 0.29) is 5.97 Å². The van der Waals surface area contributed by atoms with E-state index in [0.29, 0.717) is 6.61 Å². The molecule has 15 heavy (non-hydrogen) atoms. The molecule has 0 heterocycles. The molecule has 0 saturated carbocycles. The molecule has 0 unspecified atom stereocenters. The number of carbonyl (C=O) groups excluding carboxylic acids is 1. The molecule has 0 aliphatic rings. The number of allylic oxidation sites excluding steroid dienone is 2. The zero-order valence-corrected chi connectivity index (χ0v) is 10.1. The lowest BCUT2D eigenvalue weighted by Gasteiger charge is -2.00. The predicted molar refractivity (Wildman–Crippen MR) is 63.8 cm³/mol. The van der Waals surface area contributed by atoms with Gasteiger partial charge >= 0.3 is 5.97 Å². The molecule has 0 radical (unpaired) electrons. The first-order chi connectivity index (χ1) is 7.27. The van der Waals surface area contributed by atoms with Gasteiger partial charge in [0.25, 0.3) is 0 Å². The zero-order chi connectivity index (χ0) is 11.4. The molecular weight excluding hydrogens is 188 g/mol. The van der Waals surface area contributed by atoms with Crippen LogP contribution in [0.5, 0.6) is 0 Å². The van der Waals surface area contributed by atoms with Crippen molar-refractivity contribution >= 4 is 5.97 Å². The summed E-state index contributed by atoms with van der Waals surface area (Å²) in [6, 6.07) is 0. The first-order valence-corrected chi connectivity index (χ1v) is 6.05. The fraction of sp³-hybridized carbons (Fsp3) is 0.769. The lowest BCUT2D eigenvalue weighted by atomic mass is 10.1. The van der Waals surface area contributed by atoms with E-state index in [1.807, 2.05) is 0 Å². The fourth-order valence-corrected chi connectivity index (χ4v) is 1.31. The molecule has 0 saturated heterocycles. The number of ether oxygens (including phenoxy) is 1. The van der Waals surface area contributed by atoms with Gasteiger partial charge in [-0.25, -0.2) is 0 Å². The molecule has 0 bridgehead atoms. The first-order valence-electron chi connectivity index (χ1n) is 6.05. The number of carbonyl (C=O) groups is 1. The highest BCUT2D eigenvalue weighted by Gasteiger charge is 1.92. The van der Waals surface area contributed by atoms with Gasteiger partial charge in [-0.3, -0.25) is 4.79 Å². The fourth-order valence-electron chi connectivity index (χ4n) is 1.31. The Hall–Kier alpha value is -0.790. The van der Waals surface area contributed by atoms with E-state index in [4.69, 9.17) is 4.74 Å². The van der Waals surface area contributed by atoms with Gasteiger partial charge in [-0.15, -0.1) is 0 Å². The van der Waals surface area contributed by atoms with E-state index in [2.05, 4.69) is 19.1 Å². The van der Waals surface area contributed by atoms with E-state index in [9.17, 15) is 4.79 Å². The Labute approximate surface area is 93.7 Å². The molecule has 2 nitrogen and oxygen atoms in total. The SMILES string of the molecule is CCCC/C=C/CCCCCOC(C)=O. The molecule has 0 spiro atoms. The zero-order valence-electron chi connectivity index (χ0n) is 10.1. The van der Waals surface area contributed by atoms with Crippen molar-refractivity contribution in [3.05, 3.63) is 12.2 Å². The van der Waals surface area contributed by atoms with Gasteiger partial charge in [-0.2, -0.15) is 0 Å². The maximum Gasteiger partial charge on any atom is 0.302 e. The van der Waals surface area contributed by atoms with Crippen LogP contribution in [0.25, 0.3) is 0 Å². The van der Waals surface area contributed by atoms with Crippen LogP contribution < -0.4 is 0 Å². The average molecular weight is 212 g/mol. The quantitative estimate of drug-likeness (QED) is 0.329. The molecule has 0 atom stereocenters. The molecule has 0 amide bonds. The van der Waals surface area contributed by atoms with Crippen LogP contribution >= 0.6 is 0 Å². The average Bonchev–Trinajstić information content (AvgIpc) is 2.20. The first kappa shape index (κ1) is 14.2. The summed E-state index contributed by atoms with van der Waals surface area (Å²) in [5.41, 5.74) is 0. The number of rotatable bonds is 9. The van der Waals surface area contributed by atoms with E-state index < -0.39 is 0 Å². The van der Waals surface area contributed by atoms with Crippen molar-refractivity contribution in [1.29, 1.82) is 0 Å². The molecule has 88 valence electrons. The Kier molecular flexibility index (Phi) is 10.7. The van der Waals surface area contributed by atoms with Gasteiger partial charge in [0.1, 0.15) is 0 Å². The van der Waals surface area contributed by atoms with Crippen molar-refractivity contribution in [2.75, 3.05) is 6.61 Å². The lowest BCUT2D eigenvalue weighted by molar-refractivity contribution is -0.141. The van der Waals surface area contributed by atoms with Crippen LogP contribution in [0, 0.1) is 0 Å². The van der Waals surface area contributed by atoms with Crippen molar-refractivity contribution in [3.63, 3.8) is 0 Å². The minimum atomic E-state index is -0.172. The summed E-state index contributed by atoms with van der Waals surface area (Å²) in [6.45, 7) is 4.24. The number of unbranched alkanes of at least 4 members (excludes halogenated alkanes) is 5. The maximum atomic E-state index is 10.4. The Bertz CT molecular complexity index is 173. The molecule has 0 aromatic rings. The van der Waals surface area contributed by atoms with Crippen LogP contribution in [0.4, 0.5) is 0 Å². The Balaban J connectivity index is 3.04. The maximum absolute atomic E-state index is 10.4. The van der Waals surface area contributed by atoms with E-state index >= 15 is 0 Å². The van der Waals surface area contributed by atoms with Crippen LogP contribution in [0.2, 0.25) is 0 Å². The standard InChI is InChI=1S/C13H24O2/c1-3-4-5-6-7-8-9-10-11-12-15-13(2)14/h6-7H,3-5,8-12H2,1-2H3/b7-6+. The minimum absolute atomic E-state index is 0.172. The summed E-state index contributed by atoms with van der Waals surface area (Å²) in [6.07, 6.45) is 12.8. The minimum Gasteiger partial charge on any atom is -0.466 e. The number of esters is 1. The summed E-state index contributed by atoms with van der Waals surface area (Å²) in [5.74, 6) is -0.172.